The third-order valence-electron chi connectivity index (χ3n) is 4.07. The standard InChI is InChI=1S/C15H22FN3O/c1-3-11-5-4-9-19(10-7-11)15(20)12-6-8-18-14(17-2)13(12)16/h6,8,11H,3-5,7,9-10H2,1-2H3,(H,17,18). The molecule has 1 aromatic rings. The highest BCUT2D eigenvalue weighted by molar-refractivity contribution is 5.95. The number of carbonyl (C=O) groups is 1. The summed E-state index contributed by atoms with van der Waals surface area (Å²) in [6.45, 7) is 3.61. The van der Waals surface area contributed by atoms with Gasteiger partial charge >= 0.3 is 0 Å². The van der Waals surface area contributed by atoms with Crippen molar-refractivity contribution in [2.45, 2.75) is 32.6 Å². The van der Waals surface area contributed by atoms with E-state index in [1.807, 2.05) is 0 Å². The van der Waals surface area contributed by atoms with E-state index in [1.165, 1.54) is 12.3 Å². The van der Waals surface area contributed by atoms with Gasteiger partial charge in [-0.3, -0.25) is 4.79 Å². The first-order valence-corrected chi connectivity index (χ1v) is 7.28. The van der Waals surface area contributed by atoms with Crippen LogP contribution in [0.4, 0.5) is 10.2 Å². The van der Waals surface area contributed by atoms with Crippen LogP contribution in [0.15, 0.2) is 12.3 Å². The molecule has 1 aliphatic heterocycles. The molecule has 2 rings (SSSR count). The van der Waals surface area contributed by atoms with Crippen LogP contribution in [0.25, 0.3) is 0 Å². The lowest BCUT2D eigenvalue weighted by atomic mass is 9.98. The minimum Gasteiger partial charge on any atom is -0.371 e. The molecule has 20 heavy (non-hydrogen) atoms. The lowest BCUT2D eigenvalue weighted by Crippen LogP contribution is -2.32. The summed E-state index contributed by atoms with van der Waals surface area (Å²) in [7, 11) is 1.59. The SMILES string of the molecule is CCC1CCCN(C(=O)c2ccnc(NC)c2F)CC1. The van der Waals surface area contributed by atoms with Crippen molar-refractivity contribution in [3.05, 3.63) is 23.6 Å². The highest BCUT2D eigenvalue weighted by atomic mass is 19.1. The van der Waals surface area contributed by atoms with Crippen molar-refractivity contribution in [3.63, 3.8) is 0 Å². The Balaban J connectivity index is 2.15. The summed E-state index contributed by atoms with van der Waals surface area (Å²) in [5.41, 5.74) is 0.110. The molecular weight excluding hydrogens is 257 g/mol. The number of pyridine rings is 1. The first-order valence-electron chi connectivity index (χ1n) is 7.28. The van der Waals surface area contributed by atoms with E-state index in [9.17, 15) is 9.18 Å². The molecule has 4 nitrogen and oxygen atoms in total. The molecule has 110 valence electrons. The Morgan fingerprint density at radius 3 is 3.00 bits per heavy atom. The van der Waals surface area contributed by atoms with E-state index in [2.05, 4.69) is 17.2 Å². The van der Waals surface area contributed by atoms with Crippen molar-refractivity contribution in [1.29, 1.82) is 0 Å². The van der Waals surface area contributed by atoms with Gasteiger partial charge in [0.25, 0.3) is 5.91 Å². The van der Waals surface area contributed by atoms with Crippen LogP contribution in [-0.2, 0) is 0 Å². The van der Waals surface area contributed by atoms with E-state index in [1.54, 1.807) is 11.9 Å². The van der Waals surface area contributed by atoms with Crippen LogP contribution in [0.5, 0.6) is 0 Å². The van der Waals surface area contributed by atoms with Crippen LogP contribution < -0.4 is 5.32 Å². The van der Waals surface area contributed by atoms with E-state index in [-0.39, 0.29) is 17.3 Å². The summed E-state index contributed by atoms with van der Waals surface area (Å²) < 4.78 is 14.2. The topological polar surface area (TPSA) is 45.2 Å². The summed E-state index contributed by atoms with van der Waals surface area (Å²) in [5.74, 6) is 0.0227. The molecule has 1 unspecified atom stereocenters. The molecule has 1 aliphatic rings. The normalized spacial score (nSPS) is 19.6. The third-order valence-corrected chi connectivity index (χ3v) is 4.07. The molecule has 5 heteroatoms. The van der Waals surface area contributed by atoms with Gasteiger partial charge in [-0.05, 0) is 31.2 Å². The minimum atomic E-state index is -0.559. The van der Waals surface area contributed by atoms with Crippen molar-refractivity contribution in [3.8, 4) is 0 Å². The molecule has 0 saturated carbocycles. The van der Waals surface area contributed by atoms with Gasteiger partial charge in [0.2, 0.25) is 0 Å². The lowest BCUT2D eigenvalue weighted by Gasteiger charge is -2.21. The Hall–Kier alpha value is -1.65. The maximum Gasteiger partial charge on any atom is 0.257 e. The molecule has 1 aromatic heterocycles. The third kappa shape index (κ3) is 3.08. The van der Waals surface area contributed by atoms with E-state index < -0.39 is 5.82 Å². The molecule has 0 aromatic carbocycles. The van der Waals surface area contributed by atoms with E-state index in [0.29, 0.717) is 19.0 Å². The number of aromatic nitrogens is 1. The average Bonchev–Trinajstić information content (AvgIpc) is 2.72. The molecule has 1 saturated heterocycles. The number of carbonyl (C=O) groups excluding carboxylic acids is 1. The number of anilines is 1. The second-order valence-electron chi connectivity index (χ2n) is 5.27. The zero-order chi connectivity index (χ0) is 14.5. The number of rotatable bonds is 3. The molecule has 1 amide bonds. The minimum absolute atomic E-state index is 0.110. The molecule has 1 fully saturated rings. The Morgan fingerprint density at radius 1 is 1.50 bits per heavy atom. The molecular formula is C15H22FN3O. The first-order chi connectivity index (χ1) is 9.67. The molecule has 0 aliphatic carbocycles. The van der Waals surface area contributed by atoms with Gasteiger partial charge < -0.3 is 10.2 Å². The zero-order valence-electron chi connectivity index (χ0n) is 12.2. The van der Waals surface area contributed by atoms with E-state index in [0.717, 1.165) is 25.7 Å². The monoisotopic (exact) mass is 279 g/mol. The molecule has 0 spiro atoms. The van der Waals surface area contributed by atoms with Gasteiger partial charge in [0, 0.05) is 26.3 Å². The smallest absolute Gasteiger partial charge is 0.257 e. The summed E-state index contributed by atoms with van der Waals surface area (Å²) in [6.07, 6.45) is 5.77. The predicted molar refractivity (Wildman–Crippen MR) is 77.3 cm³/mol. The maximum atomic E-state index is 14.2. The van der Waals surface area contributed by atoms with Crippen molar-refractivity contribution in [1.82, 2.24) is 9.88 Å². The molecule has 1 atom stereocenters. The van der Waals surface area contributed by atoms with Crippen LogP contribution in [0.3, 0.4) is 0 Å². The Bertz CT molecular complexity index is 478. The fourth-order valence-electron chi connectivity index (χ4n) is 2.73. The second kappa shape index (κ2) is 6.68. The fourth-order valence-corrected chi connectivity index (χ4v) is 2.73. The van der Waals surface area contributed by atoms with Gasteiger partial charge in [0.15, 0.2) is 11.6 Å². The van der Waals surface area contributed by atoms with Gasteiger partial charge in [-0.1, -0.05) is 13.3 Å². The Labute approximate surface area is 119 Å². The number of hydrogen-bond acceptors (Lipinski definition) is 3. The average molecular weight is 279 g/mol. The van der Waals surface area contributed by atoms with Crippen molar-refractivity contribution in [2.24, 2.45) is 5.92 Å². The van der Waals surface area contributed by atoms with Crippen LogP contribution in [0.1, 0.15) is 43.0 Å². The van der Waals surface area contributed by atoms with Gasteiger partial charge in [-0.2, -0.15) is 0 Å². The van der Waals surface area contributed by atoms with Crippen molar-refractivity contribution >= 4 is 11.7 Å². The van der Waals surface area contributed by atoms with Crippen molar-refractivity contribution < 1.29 is 9.18 Å². The summed E-state index contributed by atoms with van der Waals surface area (Å²) in [6, 6.07) is 1.46. The first kappa shape index (κ1) is 14.8. The number of likely N-dealkylation sites (tertiary alicyclic amines) is 1. The number of hydrogen-bond donors (Lipinski definition) is 1. The highest BCUT2D eigenvalue weighted by Gasteiger charge is 2.24. The zero-order valence-corrected chi connectivity index (χ0v) is 12.2. The van der Waals surface area contributed by atoms with Crippen LogP contribution in [0, 0.1) is 11.7 Å². The Kier molecular flexibility index (Phi) is 4.93. The van der Waals surface area contributed by atoms with Gasteiger partial charge in [0.1, 0.15) is 0 Å². The fraction of sp³-hybridized carbons (Fsp3) is 0.600. The van der Waals surface area contributed by atoms with E-state index in [4.69, 9.17) is 0 Å². The van der Waals surface area contributed by atoms with Gasteiger partial charge in [-0.15, -0.1) is 0 Å². The summed E-state index contributed by atoms with van der Waals surface area (Å²) >= 11 is 0. The summed E-state index contributed by atoms with van der Waals surface area (Å²) in [4.78, 5) is 18.1. The van der Waals surface area contributed by atoms with Gasteiger partial charge in [0.05, 0.1) is 5.56 Å². The van der Waals surface area contributed by atoms with Gasteiger partial charge in [-0.25, -0.2) is 9.37 Å². The number of nitrogens with zero attached hydrogens (tertiary/aromatic N) is 2. The molecule has 2 heterocycles. The molecule has 1 N–H and O–H groups in total. The number of nitrogens with one attached hydrogen (secondary N) is 1. The Morgan fingerprint density at radius 2 is 2.30 bits per heavy atom. The maximum absolute atomic E-state index is 14.2. The largest absolute Gasteiger partial charge is 0.371 e. The lowest BCUT2D eigenvalue weighted by molar-refractivity contribution is 0.0755. The molecule has 0 bridgehead atoms. The number of amides is 1. The quantitative estimate of drug-likeness (QED) is 0.925. The second-order valence-corrected chi connectivity index (χ2v) is 5.27. The number of halogens is 1. The molecule has 0 radical (unpaired) electrons. The highest BCUT2D eigenvalue weighted by Crippen LogP contribution is 2.23. The van der Waals surface area contributed by atoms with Crippen LogP contribution in [0.2, 0.25) is 0 Å². The van der Waals surface area contributed by atoms with Crippen LogP contribution >= 0.6 is 0 Å². The predicted octanol–water partition coefficient (Wildman–Crippen LogP) is 2.91. The van der Waals surface area contributed by atoms with Crippen molar-refractivity contribution in [2.75, 3.05) is 25.5 Å². The summed E-state index contributed by atoms with van der Waals surface area (Å²) in [5, 5.41) is 2.67. The van der Waals surface area contributed by atoms with E-state index >= 15 is 0 Å². The van der Waals surface area contributed by atoms with Crippen LogP contribution in [-0.4, -0.2) is 35.9 Å².